The van der Waals surface area contributed by atoms with Gasteiger partial charge >= 0.3 is 0 Å². The Morgan fingerprint density at radius 1 is 1.19 bits per heavy atom. The number of hydrogen-bond donors (Lipinski definition) is 3. The molecule has 1 aromatic rings. The summed E-state index contributed by atoms with van der Waals surface area (Å²) in [5.41, 5.74) is 0.986. The van der Waals surface area contributed by atoms with E-state index in [0.717, 1.165) is 24.5 Å². The third kappa shape index (κ3) is 6.62. The summed E-state index contributed by atoms with van der Waals surface area (Å²) >= 11 is 0. The predicted octanol–water partition coefficient (Wildman–Crippen LogP) is 1.29. The summed E-state index contributed by atoms with van der Waals surface area (Å²) in [5, 5.41) is 6.33. The second-order valence-corrected chi connectivity index (χ2v) is 6.09. The molecule has 0 radical (unpaired) electrons. The molecule has 1 rings (SSSR count). The van der Waals surface area contributed by atoms with Crippen LogP contribution in [0.1, 0.15) is 18.9 Å². The van der Waals surface area contributed by atoms with Crippen LogP contribution < -0.4 is 15.4 Å². The molecule has 21 heavy (non-hydrogen) atoms. The van der Waals surface area contributed by atoms with E-state index in [9.17, 15) is 8.42 Å². The molecule has 0 unspecified atom stereocenters. The predicted molar refractivity (Wildman–Crippen MR) is 96.6 cm³/mol. The topological polar surface area (TPSA) is 82.6 Å². The molecule has 3 N–H and O–H groups in total. The molecule has 0 aliphatic carbocycles. The van der Waals surface area contributed by atoms with Crippen LogP contribution in [-0.2, 0) is 16.6 Å². The van der Waals surface area contributed by atoms with Crippen molar-refractivity contribution in [3.63, 3.8) is 0 Å². The molecule has 0 amide bonds. The molecule has 0 aliphatic heterocycles. The minimum absolute atomic E-state index is 0. The van der Waals surface area contributed by atoms with E-state index in [1.807, 2.05) is 0 Å². The van der Waals surface area contributed by atoms with Crippen molar-refractivity contribution < 1.29 is 8.42 Å². The summed E-state index contributed by atoms with van der Waals surface area (Å²) in [7, 11) is -0.257. The standard InChI is InChI=1S/C13H22N4O2S.HI/c1-4-9-16-13(14-2)17-10-11-5-7-12(8-6-11)20(18,19)15-3;/h5-8,15H,4,9-10H2,1-3H3,(H2,14,16,17);1H. The smallest absolute Gasteiger partial charge is 0.240 e. The van der Waals surface area contributed by atoms with Gasteiger partial charge in [-0.05, 0) is 31.2 Å². The number of guanidine groups is 1. The highest BCUT2D eigenvalue weighted by Gasteiger charge is 2.10. The average molecular weight is 426 g/mol. The summed E-state index contributed by atoms with van der Waals surface area (Å²) in [6.45, 7) is 3.53. The van der Waals surface area contributed by atoms with Gasteiger partial charge in [0.25, 0.3) is 0 Å². The van der Waals surface area contributed by atoms with Gasteiger partial charge in [0.2, 0.25) is 10.0 Å². The van der Waals surface area contributed by atoms with Gasteiger partial charge in [-0.2, -0.15) is 0 Å². The lowest BCUT2D eigenvalue weighted by atomic mass is 10.2. The Labute approximate surface area is 143 Å². The molecule has 6 nitrogen and oxygen atoms in total. The van der Waals surface area contributed by atoms with E-state index in [2.05, 4.69) is 27.3 Å². The van der Waals surface area contributed by atoms with E-state index in [1.165, 1.54) is 7.05 Å². The molecule has 0 saturated heterocycles. The van der Waals surface area contributed by atoms with Crippen molar-refractivity contribution in [3.05, 3.63) is 29.8 Å². The van der Waals surface area contributed by atoms with Crippen LogP contribution in [0.25, 0.3) is 0 Å². The van der Waals surface area contributed by atoms with Crippen molar-refractivity contribution in [2.75, 3.05) is 20.6 Å². The van der Waals surface area contributed by atoms with E-state index in [-0.39, 0.29) is 28.9 Å². The lowest BCUT2D eigenvalue weighted by molar-refractivity contribution is 0.588. The number of benzene rings is 1. The minimum Gasteiger partial charge on any atom is -0.356 e. The highest BCUT2D eigenvalue weighted by atomic mass is 127. The molecule has 0 aliphatic rings. The number of nitrogens with one attached hydrogen (secondary N) is 3. The Morgan fingerprint density at radius 3 is 2.29 bits per heavy atom. The Bertz CT molecular complexity index is 544. The molecular weight excluding hydrogens is 403 g/mol. The summed E-state index contributed by atoms with van der Waals surface area (Å²) in [4.78, 5) is 4.36. The van der Waals surface area contributed by atoms with Crippen LogP contribution in [0.2, 0.25) is 0 Å². The quantitative estimate of drug-likeness (QED) is 0.364. The van der Waals surface area contributed by atoms with Crippen LogP contribution in [-0.4, -0.2) is 35.0 Å². The Balaban J connectivity index is 0.00000400. The zero-order valence-electron chi connectivity index (χ0n) is 12.5. The molecular formula is C13H23IN4O2S. The third-order valence-corrected chi connectivity index (χ3v) is 4.16. The van der Waals surface area contributed by atoms with Crippen LogP contribution in [0.4, 0.5) is 0 Å². The van der Waals surface area contributed by atoms with Gasteiger partial charge in [-0.3, -0.25) is 4.99 Å². The maximum atomic E-state index is 11.6. The van der Waals surface area contributed by atoms with Crippen LogP contribution >= 0.6 is 24.0 Å². The van der Waals surface area contributed by atoms with Crippen LogP contribution in [0.5, 0.6) is 0 Å². The van der Waals surface area contributed by atoms with Gasteiger partial charge in [0.1, 0.15) is 0 Å². The average Bonchev–Trinajstić information content (AvgIpc) is 2.48. The van der Waals surface area contributed by atoms with Crippen molar-refractivity contribution in [1.29, 1.82) is 0 Å². The van der Waals surface area contributed by atoms with Crippen molar-refractivity contribution in [1.82, 2.24) is 15.4 Å². The molecule has 0 fully saturated rings. The molecule has 8 heteroatoms. The number of aliphatic imine (C=N–C) groups is 1. The normalized spacial score (nSPS) is 11.7. The van der Waals surface area contributed by atoms with E-state index < -0.39 is 10.0 Å². The summed E-state index contributed by atoms with van der Waals surface area (Å²) in [5.74, 6) is 0.735. The second-order valence-electron chi connectivity index (χ2n) is 4.20. The Kier molecular flexibility index (Phi) is 9.54. The first-order valence-electron chi connectivity index (χ1n) is 6.50. The van der Waals surface area contributed by atoms with Crippen LogP contribution in [0, 0.1) is 0 Å². The number of hydrogen-bond acceptors (Lipinski definition) is 3. The highest BCUT2D eigenvalue weighted by molar-refractivity contribution is 14.0. The van der Waals surface area contributed by atoms with Gasteiger partial charge in [-0.1, -0.05) is 19.1 Å². The Hall–Kier alpha value is -0.870. The fourth-order valence-electron chi connectivity index (χ4n) is 1.55. The van der Waals surface area contributed by atoms with Crippen molar-refractivity contribution in [2.24, 2.45) is 4.99 Å². The number of sulfonamides is 1. The lowest BCUT2D eigenvalue weighted by Crippen LogP contribution is -2.37. The molecule has 0 saturated carbocycles. The summed E-state index contributed by atoms with van der Waals surface area (Å²) < 4.78 is 25.5. The third-order valence-electron chi connectivity index (χ3n) is 2.73. The lowest BCUT2D eigenvalue weighted by Gasteiger charge is -2.11. The molecule has 0 aromatic heterocycles. The zero-order valence-corrected chi connectivity index (χ0v) is 15.7. The highest BCUT2D eigenvalue weighted by Crippen LogP contribution is 2.09. The van der Waals surface area contributed by atoms with E-state index in [4.69, 9.17) is 0 Å². The van der Waals surface area contributed by atoms with Crippen molar-refractivity contribution in [2.45, 2.75) is 24.8 Å². The molecule has 0 heterocycles. The fraction of sp³-hybridized carbons (Fsp3) is 0.462. The van der Waals surface area contributed by atoms with E-state index >= 15 is 0 Å². The van der Waals surface area contributed by atoms with Gasteiger partial charge in [0.15, 0.2) is 5.96 Å². The van der Waals surface area contributed by atoms with Gasteiger partial charge in [-0.15, -0.1) is 24.0 Å². The zero-order chi connectivity index (χ0) is 15.0. The first-order valence-corrected chi connectivity index (χ1v) is 7.98. The van der Waals surface area contributed by atoms with Gasteiger partial charge < -0.3 is 10.6 Å². The van der Waals surface area contributed by atoms with Crippen molar-refractivity contribution >= 4 is 40.0 Å². The van der Waals surface area contributed by atoms with Crippen molar-refractivity contribution in [3.8, 4) is 0 Å². The largest absolute Gasteiger partial charge is 0.356 e. The van der Waals surface area contributed by atoms with Crippen LogP contribution in [0.15, 0.2) is 34.2 Å². The SMILES string of the molecule is CCCNC(=NC)NCc1ccc(S(=O)(=O)NC)cc1.I. The molecule has 120 valence electrons. The minimum atomic E-state index is -3.37. The Morgan fingerprint density at radius 2 is 1.81 bits per heavy atom. The summed E-state index contributed by atoms with van der Waals surface area (Å²) in [6.07, 6.45) is 1.03. The molecule has 0 bridgehead atoms. The van der Waals surface area contributed by atoms with Gasteiger partial charge in [-0.25, -0.2) is 13.1 Å². The van der Waals surface area contributed by atoms with Gasteiger partial charge in [0.05, 0.1) is 4.90 Å². The molecule has 0 atom stereocenters. The number of halogens is 1. The summed E-state index contributed by atoms with van der Waals surface area (Å²) in [6, 6.07) is 6.74. The molecule has 1 aromatic carbocycles. The first-order chi connectivity index (χ1) is 9.53. The van der Waals surface area contributed by atoms with Crippen LogP contribution in [0.3, 0.4) is 0 Å². The van der Waals surface area contributed by atoms with Gasteiger partial charge in [0, 0.05) is 20.1 Å². The monoisotopic (exact) mass is 426 g/mol. The maximum absolute atomic E-state index is 11.6. The van der Waals surface area contributed by atoms with E-state index in [1.54, 1.807) is 31.3 Å². The first kappa shape index (κ1) is 20.1. The number of nitrogens with zero attached hydrogens (tertiary/aromatic N) is 1. The second kappa shape index (κ2) is 9.96. The molecule has 0 spiro atoms. The fourth-order valence-corrected chi connectivity index (χ4v) is 2.28. The maximum Gasteiger partial charge on any atom is 0.240 e. The van der Waals surface area contributed by atoms with E-state index in [0.29, 0.717) is 6.54 Å². The number of rotatable bonds is 6.